The number of phenols is 1. The summed E-state index contributed by atoms with van der Waals surface area (Å²) < 4.78 is 12.9. The molecule has 0 aliphatic heterocycles. The van der Waals surface area contributed by atoms with Gasteiger partial charge in [0, 0.05) is 11.6 Å². The number of benzene rings is 1. The van der Waals surface area contributed by atoms with E-state index in [0.717, 1.165) is 0 Å². The van der Waals surface area contributed by atoms with Gasteiger partial charge in [-0.05, 0) is 37.5 Å². The molecule has 1 aromatic rings. The summed E-state index contributed by atoms with van der Waals surface area (Å²) in [5.74, 6) is -0.197. The number of alkyl halides is 1. The van der Waals surface area contributed by atoms with E-state index in [1.165, 1.54) is 12.1 Å². The number of phenolic OH excluding ortho intramolecular Hbond substituents is 1. The number of nitrogens with one attached hydrogen (secondary N) is 1. The minimum Gasteiger partial charge on any atom is -0.508 e. The van der Waals surface area contributed by atoms with Crippen LogP contribution in [0.1, 0.15) is 29.6 Å². The molecule has 0 heterocycles. The van der Waals surface area contributed by atoms with E-state index in [1.807, 2.05) is 0 Å². The standard InChI is InChI=1S/C12H14FNO2/c13-9-4-5-10(7-9)14-12(16)8-2-1-3-11(15)6-8/h1-3,6,9-10,15H,4-5,7H2,(H,14,16). The second-order valence-corrected chi connectivity index (χ2v) is 4.13. The topological polar surface area (TPSA) is 49.3 Å². The van der Waals surface area contributed by atoms with Crippen molar-refractivity contribution in [2.45, 2.75) is 31.5 Å². The van der Waals surface area contributed by atoms with E-state index in [0.29, 0.717) is 24.8 Å². The highest BCUT2D eigenvalue weighted by atomic mass is 19.1. The van der Waals surface area contributed by atoms with Crippen LogP contribution >= 0.6 is 0 Å². The van der Waals surface area contributed by atoms with Crippen LogP contribution in [0.5, 0.6) is 5.75 Å². The fourth-order valence-corrected chi connectivity index (χ4v) is 1.97. The summed E-state index contributed by atoms with van der Waals surface area (Å²) in [6.07, 6.45) is 0.802. The first-order chi connectivity index (χ1) is 7.65. The quantitative estimate of drug-likeness (QED) is 0.805. The smallest absolute Gasteiger partial charge is 0.251 e. The van der Waals surface area contributed by atoms with Crippen LogP contribution in [0, 0.1) is 0 Å². The first-order valence-corrected chi connectivity index (χ1v) is 5.39. The van der Waals surface area contributed by atoms with Gasteiger partial charge in [-0.25, -0.2) is 4.39 Å². The zero-order valence-electron chi connectivity index (χ0n) is 8.82. The van der Waals surface area contributed by atoms with Crippen molar-refractivity contribution in [2.75, 3.05) is 0 Å². The number of hydrogen-bond donors (Lipinski definition) is 2. The molecule has 1 aliphatic carbocycles. The Morgan fingerprint density at radius 1 is 1.44 bits per heavy atom. The number of carbonyl (C=O) groups excluding carboxylic acids is 1. The average Bonchev–Trinajstić information content (AvgIpc) is 2.64. The average molecular weight is 223 g/mol. The van der Waals surface area contributed by atoms with Gasteiger partial charge in [0.05, 0.1) is 0 Å². The highest BCUT2D eigenvalue weighted by molar-refractivity contribution is 5.94. The Bertz CT molecular complexity index is 394. The molecule has 0 spiro atoms. The van der Waals surface area contributed by atoms with Gasteiger partial charge in [-0.15, -0.1) is 0 Å². The van der Waals surface area contributed by atoms with Crippen molar-refractivity contribution in [3.05, 3.63) is 29.8 Å². The minimum atomic E-state index is -0.797. The molecule has 16 heavy (non-hydrogen) atoms. The zero-order valence-corrected chi connectivity index (χ0v) is 8.82. The Kier molecular flexibility index (Phi) is 3.08. The van der Waals surface area contributed by atoms with Crippen molar-refractivity contribution in [1.82, 2.24) is 5.32 Å². The Hall–Kier alpha value is -1.58. The molecule has 4 heteroatoms. The third kappa shape index (κ3) is 2.51. The van der Waals surface area contributed by atoms with Gasteiger partial charge < -0.3 is 10.4 Å². The molecule has 2 rings (SSSR count). The van der Waals surface area contributed by atoms with E-state index in [1.54, 1.807) is 12.1 Å². The van der Waals surface area contributed by atoms with Gasteiger partial charge in [0.1, 0.15) is 11.9 Å². The fraction of sp³-hybridized carbons (Fsp3) is 0.417. The van der Waals surface area contributed by atoms with Crippen LogP contribution in [0.3, 0.4) is 0 Å². The Morgan fingerprint density at radius 2 is 2.25 bits per heavy atom. The van der Waals surface area contributed by atoms with Gasteiger partial charge in [0.2, 0.25) is 0 Å². The first kappa shape index (κ1) is 10.9. The maximum absolute atomic E-state index is 12.9. The van der Waals surface area contributed by atoms with Crippen molar-refractivity contribution in [1.29, 1.82) is 0 Å². The third-order valence-electron chi connectivity index (χ3n) is 2.81. The maximum atomic E-state index is 12.9. The van der Waals surface area contributed by atoms with Crippen LogP contribution in [0.4, 0.5) is 4.39 Å². The van der Waals surface area contributed by atoms with Gasteiger partial charge >= 0.3 is 0 Å². The van der Waals surface area contributed by atoms with E-state index in [-0.39, 0.29) is 17.7 Å². The zero-order chi connectivity index (χ0) is 11.5. The van der Waals surface area contributed by atoms with Gasteiger partial charge in [-0.2, -0.15) is 0 Å². The Balaban J connectivity index is 1.98. The van der Waals surface area contributed by atoms with E-state index in [4.69, 9.17) is 0 Å². The third-order valence-corrected chi connectivity index (χ3v) is 2.81. The molecule has 2 unspecified atom stereocenters. The van der Waals surface area contributed by atoms with Gasteiger partial charge in [-0.1, -0.05) is 6.07 Å². The molecule has 86 valence electrons. The van der Waals surface area contributed by atoms with Crippen LogP contribution in [-0.2, 0) is 0 Å². The van der Waals surface area contributed by atoms with E-state index in [9.17, 15) is 14.3 Å². The largest absolute Gasteiger partial charge is 0.508 e. The molecular formula is C12H14FNO2. The summed E-state index contributed by atoms with van der Waals surface area (Å²) in [7, 11) is 0. The molecule has 1 aliphatic rings. The van der Waals surface area contributed by atoms with Crippen LogP contribution in [0.15, 0.2) is 24.3 Å². The molecule has 3 nitrogen and oxygen atoms in total. The second-order valence-electron chi connectivity index (χ2n) is 4.13. The van der Waals surface area contributed by atoms with Crippen LogP contribution < -0.4 is 5.32 Å². The monoisotopic (exact) mass is 223 g/mol. The molecule has 2 atom stereocenters. The normalized spacial score (nSPS) is 24.3. The number of aromatic hydroxyl groups is 1. The summed E-state index contributed by atoms with van der Waals surface area (Å²) in [5, 5.41) is 12.0. The number of halogens is 1. The molecule has 0 bridgehead atoms. The Labute approximate surface area is 93.3 Å². The lowest BCUT2D eigenvalue weighted by Gasteiger charge is -2.11. The molecule has 0 saturated heterocycles. The van der Waals surface area contributed by atoms with Gasteiger partial charge in [0.15, 0.2) is 0 Å². The lowest BCUT2D eigenvalue weighted by molar-refractivity contribution is 0.0936. The number of carbonyl (C=O) groups is 1. The molecule has 0 radical (unpaired) electrons. The summed E-state index contributed by atoms with van der Waals surface area (Å²) in [4.78, 5) is 11.7. The molecule has 1 amide bonds. The Morgan fingerprint density at radius 3 is 2.88 bits per heavy atom. The van der Waals surface area contributed by atoms with Crippen LogP contribution in [-0.4, -0.2) is 23.2 Å². The van der Waals surface area contributed by atoms with Gasteiger partial charge in [-0.3, -0.25) is 4.79 Å². The van der Waals surface area contributed by atoms with Crippen LogP contribution in [0.2, 0.25) is 0 Å². The lowest BCUT2D eigenvalue weighted by Crippen LogP contribution is -2.32. The van der Waals surface area contributed by atoms with Crippen molar-refractivity contribution >= 4 is 5.91 Å². The predicted molar refractivity (Wildman–Crippen MR) is 58.1 cm³/mol. The number of hydrogen-bond acceptors (Lipinski definition) is 2. The van der Waals surface area contributed by atoms with E-state index >= 15 is 0 Å². The molecule has 1 aromatic carbocycles. The molecular weight excluding hydrogens is 209 g/mol. The summed E-state index contributed by atoms with van der Waals surface area (Å²) in [6, 6.07) is 6.06. The highest BCUT2D eigenvalue weighted by Gasteiger charge is 2.25. The SMILES string of the molecule is O=C(NC1CCC(F)C1)c1cccc(O)c1. The van der Waals surface area contributed by atoms with Crippen molar-refractivity contribution < 1.29 is 14.3 Å². The number of amides is 1. The van der Waals surface area contributed by atoms with Gasteiger partial charge in [0.25, 0.3) is 5.91 Å². The highest BCUT2D eigenvalue weighted by Crippen LogP contribution is 2.22. The summed E-state index contributed by atoms with van der Waals surface area (Å²) in [6.45, 7) is 0. The van der Waals surface area contributed by atoms with Crippen molar-refractivity contribution in [3.63, 3.8) is 0 Å². The van der Waals surface area contributed by atoms with E-state index < -0.39 is 6.17 Å². The molecule has 0 aromatic heterocycles. The van der Waals surface area contributed by atoms with Crippen LogP contribution in [0.25, 0.3) is 0 Å². The van der Waals surface area contributed by atoms with Crippen molar-refractivity contribution in [2.24, 2.45) is 0 Å². The fourth-order valence-electron chi connectivity index (χ4n) is 1.97. The minimum absolute atomic E-state index is 0.0578. The predicted octanol–water partition coefficient (Wildman–Crippen LogP) is 2.01. The molecule has 2 N–H and O–H groups in total. The van der Waals surface area contributed by atoms with E-state index in [2.05, 4.69) is 5.32 Å². The number of rotatable bonds is 2. The molecule has 1 fully saturated rings. The second kappa shape index (κ2) is 4.51. The lowest BCUT2D eigenvalue weighted by atomic mass is 10.1. The summed E-state index contributed by atoms with van der Waals surface area (Å²) in [5.41, 5.74) is 0.405. The maximum Gasteiger partial charge on any atom is 0.251 e. The molecule has 1 saturated carbocycles. The summed E-state index contributed by atoms with van der Waals surface area (Å²) >= 11 is 0. The van der Waals surface area contributed by atoms with Crippen molar-refractivity contribution in [3.8, 4) is 5.75 Å². The first-order valence-electron chi connectivity index (χ1n) is 5.39.